The van der Waals surface area contributed by atoms with E-state index < -0.39 is 0 Å². The predicted molar refractivity (Wildman–Crippen MR) is 131 cm³/mol. The molecule has 2 atom stereocenters. The zero-order valence-corrected chi connectivity index (χ0v) is 19.0. The molecule has 1 fully saturated rings. The van der Waals surface area contributed by atoms with Crippen LogP contribution in [0.5, 0.6) is 0 Å². The second kappa shape index (κ2) is 8.08. The smallest absolute Gasteiger partial charge is 0.257 e. The molecule has 0 bridgehead atoms. The lowest BCUT2D eigenvalue weighted by Gasteiger charge is -2.46. The van der Waals surface area contributed by atoms with Crippen LogP contribution in [0.15, 0.2) is 67.1 Å². The quantitative estimate of drug-likeness (QED) is 0.417. The van der Waals surface area contributed by atoms with Gasteiger partial charge in [0, 0.05) is 37.9 Å². The maximum absolute atomic E-state index is 4.89. The van der Waals surface area contributed by atoms with Crippen LogP contribution in [0.1, 0.15) is 25.8 Å². The minimum absolute atomic E-state index is 0.297. The Kier molecular flexibility index (Phi) is 4.91. The Balaban J connectivity index is 1.35. The van der Waals surface area contributed by atoms with Crippen molar-refractivity contribution < 1.29 is 0 Å². The average Bonchev–Trinajstić information content (AvgIpc) is 3.33. The molecule has 33 heavy (non-hydrogen) atoms. The molecule has 1 aliphatic rings. The van der Waals surface area contributed by atoms with E-state index in [9.17, 15) is 0 Å². The molecule has 3 aromatic heterocycles. The summed E-state index contributed by atoms with van der Waals surface area (Å²) in [4.78, 5) is 14.6. The van der Waals surface area contributed by atoms with Gasteiger partial charge in [-0.15, -0.1) is 10.2 Å². The van der Waals surface area contributed by atoms with E-state index in [1.165, 1.54) is 16.3 Å². The highest BCUT2D eigenvalue weighted by Gasteiger charge is 2.33. The highest BCUT2D eigenvalue weighted by molar-refractivity contribution is 5.88. The zero-order chi connectivity index (χ0) is 22.4. The molecule has 2 aromatic carbocycles. The molecule has 0 aliphatic carbocycles. The number of nitrogens with zero attached hydrogens (tertiary/aromatic N) is 7. The molecule has 0 N–H and O–H groups in total. The van der Waals surface area contributed by atoms with E-state index >= 15 is 0 Å². The summed E-state index contributed by atoms with van der Waals surface area (Å²) in [7, 11) is 0. The van der Waals surface area contributed by atoms with Crippen molar-refractivity contribution in [2.45, 2.75) is 38.9 Å². The predicted octanol–water partition coefficient (Wildman–Crippen LogP) is 4.32. The first-order valence-electron chi connectivity index (χ1n) is 11.6. The molecule has 5 aromatic rings. The second-order valence-electron chi connectivity index (χ2n) is 8.94. The summed E-state index contributed by atoms with van der Waals surface area (Å²) in [5.74, 6) is 1.52. The summed E-state index contributed by atoms with van der Waals surface area (Å²) in [5, 5.41) is 10.9. The molecule has 1 saturated heterocycles. The van der Waals surface area contributed by atoms with Gasteiger partial charge in [-0.1, -0.05) is 49.4 Å². The maximum atomic E-state index is 4.89. The Morgan fingerprint density at radius 1 is 1.00 bits per heavy atom. The van der Waals surface area contributed by atoms with E-state index in [0.717, 1.165) is 42.9 Å². The van der Waals surface area contributed by atoms with Crippen molar-refractivity contribution in [1.29, 1.82) is 0 Å². The van der Waals surface area contributed by atoms with E-state index in [-0.39, 0.29) is 0 Å². The number of anilines is 1. The Bertz CT molecular complexity index is 1440. The lowest BCUT2D eigenvalue weighted by Crippen LogP contribution is -2.57. The van der Waals surface area contributed by atoms with E-state index in [1.807, 2.05) is 16.7 Å². The van der Waals surface area contributed by atoms with Crippen molar-refractivity contribution in [3.8, 4) is 0 Å². The Morgan fingerprint density at radius 2 is 1.88 bits per heavy atom. The van der Waals surface area contributed by atoms with Crippen molar-refractivity contribution in [2.75, 3.05) is 18.0 Å². The van der Waals surface area contributed by atoms with Gasteiger partial charge >= 0.3 is 0 Å². The molecular weight excluding hydrogens is 410 g/mol. The monoisotopic (exact) mass is 437 g/mol. The maximum Gasteiger partial charge on any atom is 0.257 e. The zero-order valence-electron chi connectivity index (χ0n) is 19.0. The van der Waals surface area contributed by atoms with Crippen LogP contribution in [0.2, 0.25) is 0 Å². The summed E-state index contributed by atoms with van der Waals surface area (Å²) in [6.07, 6.45) is 4.62. The van der Waals surface area contributed by atoms with Crippen LogP contribution >= 0.6 is 0 Å². The van der Waals surface area contributed by atoms with Gasteiger partial charge < -0.3 is 4.90 Å². The van der Waals surface area contributed by atoms with E-state index in [4.69, 9.17) is 9.97 Å². The van der Waals surface area contributed by atoms with Gasteiger partial charge in [0.15, 0.2) is 5.82 Å². The lowest BCUT2D eigenvalue weighted by atomic mass is 10.0. The Morgan fingerprint density at radius 3 is 2.79 bits per heavy atom. The van der Waals surface area contributed by atoms with Gasteiger partial charge in [-0.05, 0) is 41.8 Å². The molecule has 1 aliphatic heterocycles. The molecule has 0 amide bonds. The highest BCUT2D eigenvalue weighted by Crippen LogP contribution is 2.30. The molecule has 0 spiro atoms. The van der Waals surface area contributed by atoms with Gasteiger partial charge in [-0.25, -0.2) is 0 Å². The van der Waals surface area contributed by atoms with Crippen LogP contribution in [-0.4, -0.2) is 54.6 Å². The summed E-state index contributed by atoms with van der Waals surface area (Å²) in [6, 6.07) is 20.0. The molecule has 6 rings (SSSR count). The van der Waals surface area contributed by atoms with Crippen molar-refractivity contribution in [3.05, 3.63) is 72.7 Å². The minimum Gasteiger partial charge on any atom is -0.349 e. The van der Waals surface area contributed by atoms with Gasteiger partial charge in [0.25, 0.3) is 5.78 Å². The summed E-state index contributed by atoms with van der Waals surface area (Å²) >= 11 is 0. The van der Waals surface area contributed by atoms with Gasteiger partial charge in [0.2, 0.25) is 0 Å². The Labute approximate surface area is 192 Å². The normalized spacial score (nSPS) is 19.6. The number of aromatic nitrogens is 5. The molecule has 7 heteroatoms. The van der Waals surface area contributed by atoms with Crippen molar-refractivity contribution in [3.63, 3.8) is 0 Å². The molecule has 0 radical (unpaired) electrons. The summed E-state index contributed by atoms with van der Waals surface area (Å²) in [5.41, 5.74) is 3.28. The number of hydrogen-bond acceptors (Lipinski definition) is 6. The van der Waals surface area contributed by atoms with Crippen LogP contribution in [0.3, 0.4) is 0 Å². The number of benzene rings is 2. The first kappa shape index (κ1) is 20.1. The van der Waals surface area contributed by atoms with Crippen molar-refractivity contribution >= 4 is 33.4 Å². The largest absolute Gasteiger partial charge is 0.349 e. The highest BCUT2D eigenvalue weighted by atomic mass is 15.4. The van der Waals surface area contributed by atoms with Gasteiger partial charge in [-0.3, -0.25) is 14.3 Å². The Hall–Kier alpha value is -3.58. The molecule has 0 unspecified atom stereocenters. The lowest BCUT2D eigenvalue weighted by molar-refractivity contribution is 0.142. The van der Waals surface area contributed by atoms with Crippen molar-refractivity contribution in [1.82, 2.24) is 29.5 Å². The number of hydrogen-bond donors (Lipinski definition) is 0. The van der Waals surface area contributed by atoms with Crippen molar-refractivity contribution in [2.24, 2.45) is 0 Å². The first-order chi connectivity index (χ1) is 16.2. The van der Waals surface area contributed by atoms with Crippen LogP contribution in [0.4, 0.5) is 5.82 Å². The molecule has 166 valence electrons. The minimum atomic E-state index is 0.297. The van der Waals surface area contributed by atoms with Gasteiger partial charge in [0.1, 0.15) is 11.8 Å². The van der Waals surface area contributed by atoms with E-state index in [0.29, 0.717) is 17.9 Å². The fourth-order valence-corrected chi connectivity index (χ4v) is 5.22. The third-order valence-electron chi connectivity index (χ3n) is 6.94. The molecule has 0 saturated carbocycles. The topological polar surface area (TPSA) is 62.5 Å². The summed E-state index contributed by atoms with van der Waals surface area (Å²) in [6.45, 7) is 7.39. The average molecular weight is 438 g/mol. The fourth-order valence-electron chi connectivity index (χ4n) is 5.22. The number of pyridine rings is 1. The second-order valence-corrected chi connectivity index (χ2v) is 8.94. The van der Waals surface area contributed by atoms with E-state index in [2.05, 4.69) is 82.4 Å². The SMILES string of the molecule is CC[C@@H]1CN(c2nc3nncn3c3cccnc23)[C@@H](C)CN1Cc1cccc2ccccc12. The van der Waals surface area contributed by atoms with Crippen LogP contribution in [0.25, 0.3) is 27.6 Å². The number of fused-ring (bicyclic) bond motifs is 4. The standard InChI is InChI=1S/C26H27N7/c1-3-21-16-32(25-24-23(12-7-13-27-24)33-17-28-30-26(33)29-25)18(2)14-31(21)15-20-10-6-9-19-8-4-5-11-22(19)20/h4-13,17-18,21H,3,14-16H2,1-2H3/t18-,21+/m0/s1. The molecule has 4 heterocycles. The van der Waals surface area contributed by atoms with Crippen LogP contribution in [0, 0.1) is 0 Å². The van der Waals surface area contributed by atoms with Crippen LogP contribution < -0.4 is 4.90 Å². The van der Waals surface area contributed by atoms with Gasteiger partial charge in [-0.2, -0.15) is 4.98 Å². The van der Waals surface area contributed by atoms with E-state index in [1.54, 1.807) is 6.33 Å². The molecule has 7 nitrogen and oxygen atoms in total. The van der Waals surface area contributed by atoms with Crippen LogP contribution in [-0.2, 0) is 6.54 Å². The summed E-state index contributed by atoms with van der Waals surface area (Å²) < 4.78 is 1.91. The third-order valence-corrected chi connectivity index (χ3v) is 6.94. The van der Waals surface area contributed by atoms with Gasteiger partial charge in [0.05, 0.1) is 5.52 Å². The molecular formula is C26H27N7. The third kappa shape index (κ3) is 3.40. The first-order valence-corrected chi connectivity index (χ1v) is 11.6. The number of rotatable bonds is 4. The fraction of sp³-hybridized carbons (Fsp3) is 0.308. The number of piperazine rings is 1.